The Morgan fingerprint density at radius 2 is 2.06 bits per heavy atom. The predicted octanol–water partition coefficient (Wildman–Crippen LogP) is 2.25. The van der Waals surface area contributed by atoms with E-state index in [4.69, 9.17) is 4.74 Å². The number of halogens is 1. The monoisotopic (exact) mass is 299 g/mol. The van der Waals surface area contributed by atoms with Crippen LogP contribution >= 0.6 is 15.9 Å². The van der Waals surface area contributed by atoms with E-state index in [1.807, 2.05) is 0 Å². The van der Waals surface area contributed by atoms with Crippen LogP contribution in [0.4, 0.5) is 10.5 Å². The number of nitrogens with zero attached hydrogens (tertiary/aromatic N) is 1. The largest absolute Gasteiger partial charge is 0.479 e. The van der Waals surface area contributed by atoms with Crippen molar-refractivity contribution in [2.75, 3.05) is 11.5 Å². The standard InChI is InChI=1S/C11H10BrNO4/c1-11(9(14)15)6-17-10(16)13(11)8-4-2-7(12)3-5-8/h2-5H,6H2,1H3,(H,14,15). The lowest BCUT2D eigenvalue weighted by Crippen LogP contribution is -2.51. The zero-order chi connectivity index (χ0) is 12.6. The lowest BCUT2D eigenvalue weighted by molar-refractivity contribution is -0.142. The zero-order valence-electron chi connectivity index (χ0n) is 9.01. The number of carboxylic acid groups (broad SMARTS) is 1. The molecule has 1 N–H and O–H groups in total. The summed E-state index contributed by atoms with van der Waals surface area (Å²) < 4.78 is 5.67. The second-order valence-corrected chi connectivity index (χ2v) is 4.86. The number of carbonyl (C=O) groups excluding carboxylic acids is 1. The van der Waals surface area contributed by atoms with Gasteiger partial charge in [0.25, 0.3) is 0 Å². The molecule has 1 aliphatic rings. The number of ether oxygens (including phenoxy) is 1. The minimum atomic E-state index is -1.36. The van der Waals surface area contributed by atoms with Crippen molar-refractivity contribution < 1.29 is 19.4 Å². The smallest absolute Gasteiger partial charge is 0.415 e. The zero-order valence-corrected chi connectivity index (χ0v) is 10.6. The summed E-state index contributed by atoms with van der Waals surface area (Å²) in [6, 6.07) is 6.81. The van der Waals surface area contributed by atoms with E-state index in [0.717, 1.165) is 9.37 Å². The normalized spacial score (nSPS) is 23.6. The maximum atomic E-state index is 11.6. The third-order valence-corrected chi connectivity index (χ3v) is 3.23. The van der Waals surface area contributed by atoms with Crippen molar-refractivity contribution in [3.8, 4) is 0 Å². The van der Waals surface area contributed by atoms with E-state index < -0.39 is 17.6 Å². The molecule has 1 unspecified atom stereocenters. The van der Waals surface area contributed by atoms with E-state index in [2.05, 4.69) is 15.9 Å². The van der Waals surface area contributed by atoms with Gasteiger partial charge in [-0.1, -0.05) is 15.9 Å². The number of benzene rings is 1. The number of amides is 1. The molecule has 1 atom stereocenters. The van der Waals surface area contributed by atoms with Gasteiger partial charge >= 0.3 is 12.1 Å². The molecule has 1 amide bonds. The highest BCUT2D eigenvalue weighted by Gasteiger charge is 2.50. The number of anilines is 1. The quantitative estimate of drug-likeness (QED) is 0.909. The fraction of sp³-hybridized carbons (Fsp3) is 0.273. The molecule has 6 heteroatoms. The van der Waals surface area contributed by atoms with E-state index >= 15 is 0 Å². The van der Waals surface area contributed by atoms with Crippen LogP contribution in [0.15, 0.2) is 28.7 Å². The first-order chi connectivity index (χ1) is 7.95. The Hall–Kier alpha value is -1.56. The number of rotatable bonds is 2. The van der Waals surface area contributed by atoms with Crippen LogP contribution in [0.3, 0.4) is 0 Å². The highest BCUT2D eigenvalue weighted by molar-refractivity contribution is 9.10. The second-order valence-electron chi connectivity index (χ2n) is 3.95. The third-order valence-electron chi connectivity index (χ3n) is 2.70. The van der Waals surface area contributed by atoms with Crippen molar-refractivity contribution >= 4 is 33.7 Å². The van der Waals surface area contributed by atoms with Gasteiger partial charge in [-0.15, -0.1) is 0 Å². The average molecular weight is 300 g/mol. The van der Waals surface area contributed by atoms with Gasteiger partial charge in [0.2, 0.25) is 0 Å². The topological polar surface area (TPSA) is 66.8 Å². The first-order valence-electron chi connectivity index (χ1n) is 4.91. The van der Waals surface area contributed by atoms with Crippen molar-refractivity contribution in [2.45, 2.75) is 12.5 Å². The molecular formula is C11H10BrNO4. The molecule has 1 heterocycles. The number of aliphatic carboxylic acids is 1. The van der Waals surface area contributed by atoms with Gasteiger partial charge in [-0.25, -0.2) is 9.59 Å². The summed E-state index contributed by atoms with van der Waals surface area (Å²) in [5, 5.41) is 9.19. The number of cyclic esters (lactones) is 1. The summed E-state index contributed by atoms with van der Waals surface area (Å²) in [6.45, 7) is 1.31. The van der Waals surface area contributed by atoms with Crippen LogP contribution in [0.2, 0.25) is 0 Å². The molecule has 1 aliphatic heterocycles. The Morgan fingerprint density at radius 1 is 1.47 bits per heavy atom. The van der Waals surface area contributed by atoms with Crippen molar-refractivity contribution in [3.05, 3.63) is 28.7 Å². The minimum Gasteiger partial charge on any atom is -0.479 e. The van der Waals surface area contributed by atoms with E-state index in [-0.39, 0.29) is 6.61 Å². The van der Waals surface area contributed by atoms with Crippen molar-refractivity contribution in [1.29, 1.82) is 0 Å². The molecule has 2 rings (SSSR count). The molecule has 17 heavy (non-hydrogen) atoms. The first-order valence-corrected chi connectivity index (χ1v) is 5.70. The lowest BCUT2D eigenvalue weighted by atomic mass is 10.0. The molecule has 1 saturated heterocycles. The van der Waals surface area contributed by atoms with Gasteiger partial charge in [0.1, 0.15) is 6.61 Å². The molecule has 0 radical (unpaired) electrons. The van der Waals surface area contributed by atoms with Crippen LogP contribution in [0, 0.1) is 0 Å². The summed E-state index contributed by atoms with van der Waals surface area (Å²) in [6.07, 6.45) is -0.641. The van der Waals surface area contributed by atoms with Crippen molar-refractivity contribution in [2.24, 2.45) is 0 Å². The molecule has 1 aromatic carbocycles. The van der Waals surface area contributed by atoms with E-state index in [0.29, 0.717) is 5.69 Å². The average Bonchev–Trinajstić information content (AvgIpc) is 2.58. The summed E-state index contributed by atoms with van der Waals surface area (Å²) in [5.74, 6) is -1.09. The van der Waals surface area contributed by atoms with Gasteiger partial charge in [-0.05, 0) is 31.2 Å². The van der Waals surface area contributed by atoms with Crippen molar-refractivity contribution in [1.82, 2.24) is 0 Å². The van der Waals surface area contributed by atoms with Gasteiger partial charge < -0.3 is 9.84 Å². The molecule has 0 aromatic heterocycles. The van der Waals surface area contributed by atoms with Gasteiger partial charge in [0.05, 0.1) is 0 Å². The minimum absolute atomic E-state index is 0.156. The fourth-order valence-corrected chi connectivity index (χ4v) is 1.94. The maximum absolute atomic E-state index is 11.6. The molecule has 5 nitrogen and oxygen atoms in total. The Morgan fingerprint density at radius 3 is 2.59 bits per heavy atom. The predicted molar refractivity (Wildman–Crippen MR) is 64.0 cm³/mol. The second kappa shape index (κ2) is 4.03. The lowest BCUT2D eigenvalue weighted by Gasteiger charge is -2.27. The maximum Gasteiger partial charge on any atom is 0.415 e. The van der Waals surface area contributed by atoms with E-state index in [9.17, 15) is 14.7 Å². The SMILES string of the molecule is CC1(C(=O)O)COC(=O)N1c1ccc(Br)cc1. The summed E-state index contributed by atoms with van der Waals surface area (Å²) in [4.78, 5) is 24.0. The summed E-state index contributed by atoms with van der Waals surface area (Å²) >= 11 is 3.28. The Bertz CT molecular complexity index is 473. The van der Waals surface area contributed by atoms with Crippen LogP contribution in [0.5, 0.6) is 0 Å². The van der Waals surface area contributed by atoms with Crippen molar-refractivity contribution in [3.63, 3.8) is 0 Å². The molecule has 0 spiro atoms. The van der Waals surface area contributed by atoms with E-state index in [1.165, 1.54) is 6.92 Å². The Kier molecular flexibility index (Phi) is 2.82. The first kappa shape index (κ1) is 11.9. The summed E-state index contributed by atoms with van der Waals surface area (Å²) in [7, 11) is 0. The Balaban J connectivity index is 2.44. The van der Waals surface area contributed by atoms with Gasteiger partial charge in [0.15, 0.2) is 5.54 Å². The number of carbonyl (C=O) groups is 2. The molecular weight excluding hydrogens is 290 g/mol. The van der Waals surface area contributed by atoms with E-state index in [1.54, 1.807) is 24.3 Å². The number of hydrogen-bond acceptors (Lipinski definition) is 3. The molecule has 1 fully saturated rings. The van der Waals surface area contributed by atoms with Gasteiger partial charge in [-0.2, -0.15) is 0 Å². The van der Waals surface area contributed by atoms with Crippen LogP contribution < -0.4 is 4.90 Å². The highest BCUT2D eigenvalue weighted by atomic mass is 79.9. The van der Waals surface area contributed by atoms with Crippen LogP contribution in [0.25, 0.3) is 0 Å². The molecule has 0 saturated carbocycles. The van der Waals surface area contributed by atoms with Crippen LogP contribution in [0.1, 0.15) is 6.92 Å². The highest BCUT2D eigenvalue weighted by Crippen LogP contribution is 2.31. The van der Waals surface area contributed by atoms with Crippen LogP contribution in [-0.4, -0.2) is 29.3 Å². The number of hydrogen-bond donors (Lipinski definition) is 1. The van der Waals surface area contributed by atoms with Crippen LogP contribution in [-0.2, 0) is 9.53 Å². The number of carboxylic acids is 1. The molecule has 90 valence electrons. The Labute approximate surface area is 106 Å². The molecule has 0 bridgehead atoms. The fourth-order valence-electron chi connectivity index (χ4n) is 1.67. The molecule has 0 aliphatic carbocycles. The third kappa shape index (κ3) is 1.88. The summed E-state index contributed by atoms with van der Waals surface area (Å²) in [5.41, 5.74) is -0.856. The molecule has 1 aromatic rings. The van der Waals surface area contributed by atoms with Gasteiger partial charge in [-0.3, -0.25) is 4.90 Å². The van der Waals surface area contributed by atoms with Gasteiger partial charge in [0, 0.05) is 10.2 Å².